The Bertz CT molecular complexity index is 861. The Kier molecular flexibility index (Phi) is 8.41. The first-order valence-corrected chi connectivity index (χ1v) is 10.0. The summed E-state index contributed by atoms with van der Waals surface area (Å²) in [6.07, 6.45) is 0.508. The molecule has 0 spiro atoms. The van der Waals surface area contributed by atoms with Crippen LogP contribution in [0.5, 0.6) is 0 Å². The number of benzene rings is 2. The van der Waals surface area contributed by atoms with Crippen LogP contribution < -0.4 is 21.3 Å². The van der Waals surface area contributed by atoms with Crippen LogP contribution in [0, 0.1) is 12.8 Å². The number of hydrogen-bond donors (Lipinski definition) is 4. The van der Waals surface area contributed by atoms with Gasteiger partial charge >= 0.3 is 6.03 Å². The molecule has 7 nitrogen and oxygen atoms in total. The van der Waals surface area contributed by atoms with Gasteiger partial charge in [-0.1, -0.05) is 43.7 Å². The summed E-state index contributed by atoms with van der Waals surface area (Å²) < 4.78 is 0. The lowest BCUT2D eigenvalue weighted by atomic mass is 10.0. The van der Waals surface area contributed by atoms with Crippen LogP contribution in [-0.4, -0.2) is 23.9 Å². The lowest BCUT2D eigenvalue weighted by Crippen LogP contribution is -2.48. The molecule has 30 heavy (non-hydrogen) atoms. The largest absolute Gasteiger partial charge is 0.334 e. The Hall–Kier alpha value is -3.35. The van der Waals surface area contributed by atoms with E-state index in [-0.39, 0.29) is 17.7 Å². The number of urea groups is 1. The number of hydrogen-bond acceptors (Lipinski definition) is 3. The van der Waals surface area contributed by atoms with Crippen LogP contribution in [0.25, 0.3) is 0 Å². The highest BCUT2D eigenvalue weighted by Gasteiger charge is 2.22. The molecule has 0 saturated carbocycles. The molecule has 0 aliphatic carbocycles. The van der Waals surface area contributed by atoms with Gasteiger partial charge in [0.2, 0.25) is 11.8 Å². The van der Waals surface area contributed by atoms with E-state index in [9.17, 15) is 14.4 Å². The van der Waals surface area contributed by atoms with Crippen LogP contribution in [0.1, 0.15) is 38.3 Å². The zero-order chi connectivity index (χ0) is 22.1. The smallest absolute Gasteiger partial charge is 0.315 e. The van der Waals surface area contributed by atoms with Crippen molar-refractivity contribution in [2.45, 2.75) is 46.7 Å². The highest BCUT2D eigenvalue weighted by Crippen LogP contribution is 2.15. The van der Waals surface area contributed by atoms with Crippen molar-refractivity contribution in [3.05, 3.63) is 59.7 Å². The van der Waals surface area contributed by atoms with Crippen LogP contribution in [-0.2, 0) is 16.1 Å². The molecule has 2 aromatic carbocycles. The summed E-state index contributed by atoms with van der Waals surface area (Å²) >= 11 is 0. The fourth-order valence-electron chi connectivity index (χ4n) is 2.87. The van der Waals surface area contributed by atoms with E-state index >= 15 is 0 Å². The van der Waals surface area contributed by atoms with E-state index in [2.05, 4.69) is 21.3 Å². The summed E-state index contributed by atoms with van der Waals surface area (Å²) in [6.45, 7) is 7.81. The van der Waals surface area contributed by atoms with Gasteiger partial charge in [-0.15, -0.1) is 0 Å². The molecule has 1 unspecified atom stereocenters. The van der Waals surface area contributed by atoms with Crippen LogP contribution >= 0.6 is 0 Å². The Morgan fingerprint density at radius 2 is 1.43 bits per heavy atom. The molecule has 0 aromatic heterocycles. The van der Waals surface area contributed by atoms with Crippen LogP contribution in [0.15, 0.2) is 48.5 Å². The molecule has 0 aliphatic rings. The monoisotopic (exact) mass is 410 g/mol. The fourth-order valence-corrected chi connectivity index (χ4v) is 2.87. The van der Waals surface area contributed by atoms with Gasteiger partial charge < -0.3 is 21.3 Å². The zero-order valence-electron chi connectivity index (χ0n) is 17.9. The molecule has 160 valence electrons. The van der Waals surface area contributed by atoms with Crippen molar-refractivity contribution >= 4 is 29.2 Å². The fraction of sp³-hybridized carbons (Fsp3) is 0.348. The summed E-state index contributed by atoms with van der Waals surface area (Å²) in [5.41, 5.74) is 3.37. The van der Waals surface area contributed by atoms with Crippen LogP contribution in [0.4, 0.5) is 16.2 Å². The van der Waals surface area contributed by atoms with Crippen LogP contribution in [0.2, 0.25) is 0 Å². The maximum absolute atomic E-state index is 12.7. The Morgan fingerprint density at radius 3 is 1.97 bits per heavy atom. The SMILES string of the molecule is CC(=O)Nc1ccc(NC(=O)C(CC(C)C)NC(=O)NCc2ccc(C)cc2)cc1. The third-order valence-corrected chi connectivity index (χ3v) is 4.38. The second-order valence-electron chi connectivity index (χ2n) is 7.74. The molecule has 0 radical (unpaired) electrons. The average molecular weight is 411 g/mol. The molecular weight excluding hydrogens is 380 g/mol. The predicted molar refractivity (Wildman–Crippen MR) is 119 cm³/mol. The van der Waals surface area contributed by atoms with Crippen molar-refractivity contribution in [3.8, 4) is 0 Å². The molecule has 2 aromatic rings. The van der Waals surface area contributed by atoms with E-state index in [4.69, 9.17) is 0 Å². The average Bonchev–Trinajstić information content (AvgIpc) is 2.68. The second kappa shape index (κ2) is 11.0. The number of rotatable bonds is 8. The lowest BCUT2D eigenvalue weighted by molar-refractivity contribution is -0.118. The minimum absolute atomic E-state index is 0.162. The van der Waals surface area contributed by atoms with Gasteiger partial charge in [-0.3, -0.25) is 9.59 Å². The van der Waals surface area contributed by atoms with Gasteiger partial charge in [0.05, 0.1) is 0 Å². The summed E-state index contributed by atoms with van der Waals surface area (Å²) in [7, 11) is 0. The number of aryl methyl sites for hydroxylation is 1. The van der Waals surface area contributed by atoms with E-state index < -0.39 is 12.1 Å². The molecule has 0 fully saturated rings. The van der Waals surface area contributed by atoms with E-state index in [0.29, 0.717) is 24.3 Å². The Morgan fingerprint density at radius 1 is 0.867 bits per heavy atom. The maximum Gasteiger partial charge on any atom is 0.315 e. The number of anilines is 2. The van der Waals surface area contributed by atoms with Gasteiger partial charge in [-0.2, -0.15) is 0 Å². The first-order chi connectivity index (χ1) is 14.2. The van der Waals surface area contributed by atoms with E-state index in [1.54, 1.807) is 24.3 Å². The number of nitrogens with one attached hydrogen (secondary N) is 4. The van der Waals surface area contributed by atoms with Gasteiger partial charge in [0.15, 0.2) is 0 Å². The van der Waals surface area contributed by atoms with Gasteiger partial charge in [-0.25, -0.2) is 4.79 Å². The van der Waals surface area contributed by atoms with Crippen molar-refractivity contribution < 1.29 is 14.4 Å². The van der Waals surface area contributed by atoms with Crippen molar-refractivity contribution in [3.63, 3.8) is 0 Å². The topological polar surface area (TPSA) is 99.3 Å². The summed E-state index contributed by atoms with van der Waals surface area (Å²) in [5.74, 6) is -0.230. The van der Waals surface area contributed by atoms with Crippen molar-refractivity contribution in [2.24, 2.45) is 5.92 Å². The third kappa shape index (κ3) is 7.95. The highest BCUT2D eigenvalue weighted by atomic mass is 16.2. The number of carbonyl (C=O) groups is 3. The van der Waals surface area contributed by atoms with Crippen molar-refractivity contribution in [2.75, 3.05) is 10.6 Å². The standard InChI is InChI=1S/C23H30N4O3/c1-15(2)13-21(27-23(30)24-14-18-7-5-16(3)6-8-18)22(29)26-20-11-9-19(10-12-20)25-17(4)28/h5-12,15,21H,13-14H2,1-4H3,(H,25,28)(H,26,29)(H2,24,27,30). The normalized spacial score (nSPS) is 11.5. The third-order valence-electron chi connectivity index (χ3n) is 4.38. The zero-order valence-corrected chi connectivity index (χ0v) is 17.9. The maximum atomic E-state index is 12.7. The molecule has 0 bridgehead atoms. The van der Waals surface area contributed by atoms with Gasteiger partial charge in [0, 0.05) is 24.8 Å². The lowest BCUT2D eigenvalue weighted by Gasteiger charge is -2.20. The summed E-state index contributed by atoms with van der Waals surface area (Å²) in [6, 6.07) is 13.6. The van der Waals surface area contributed by atoms with Crippen molar-refractivity contribution in [1.29, 1.82) is 0 Å². The molecule has 0 aliphatic heterocycles. The molecule has 4 amide bonds. The Balaban J connectivity index is 1.94. The molecule has 7 heteroatoms. The van der Waals surface area contributed by atoms with Gasteiger partial charge in [-0.05, 0) is 49.1 Å². The summed E-state index contributed by atoms with van der Waals surface area (Å²) in [5, 5.41) is 11.1. The van der Waals surface area contributed by atoms with Gasteiger partial charge in [0.25, 0.3) is 0 Å². The first kappa shape index (κ1) is 22.9. The molecule has 0 heterocycles. The molecule has 4 N–H and O–H groups in total. The minimum atomic E-state index is -0.668. The summed E-state index contributed by atoms with van der Waals surface area (Å²) in [4.78, 5) is 36.2. The number of carbonyl (C=O) groups excluding carboxylic acids is 3. The highest BCUT2D eigenvalue weighted by molar-refractivity contribution is 5.97. The number of amides is 4. The predicted octanol–water partition coefficient (Wildman–Crippen LogP) is 3.81. The van der Waals surface area contributed by atoms with E-state index in [1.165, 1.54) is 6.92 Å². The first-order valence-electron chi connectivity index (χ1n) is 10.0. The molecule has 2 rings (SSSR count). The molecule has 0 saturated heterocycles. The quantitative estimate of drug-likeness (QED) is 0.532. The Labute approximate surface area is 177 Å². The van der Waals surface area contributed by atoms with E-state index in [0.717, 1.165) is 11.1 Å². The van der Waals surface area contributed by atoms with E-state index in [1.807, 2.05) is 45.0 Å². The minimum Gasteiger partial charge on any atom is -0.334 e. The van der Waals surface area contributed by atoms with Crippen LogP contribution in [0.3, 0.4) is 0 Å². The second-order valence-corrected chi connectivity index (χ2v) is 7.74. The van der Waals surface area contributed by atoms with Gasteiger partial charge in [0.1, 0.15) is 6.04 Å². The van der Waals surface area contributed by atoms with Crippen molar-refractivity contribution in [1.82, 2.24) is 10.6 Å². The molecule has 1 atom stereocenters. The molecular formula is C23H30N4O3.